The third-order valence-electron chi connectivity index (χ3n) is 1.32. The Morgan fingerprint density at radius 2 is 2.21 bits per heavy atom. The van der Waals surface area contributed by atoms with Crippen molar-refractivity contribution in [1.82, 2.24) is 4.98 Å². The maximum absolute atomic E-state index is 10.5. The van der Waals surface area contributed by atoms with Gasteiger partial charge in [0.05, 0.1) is 5.56 Å². The van der Waals surface area contributed by atoms with Crippen LogP contribution in [0.3, 0.4) is 0 Å². The van der Waals surface area contributed by atoms with Gasteiger partial charge in [-0.25, -0.2) is 9.78 Å². The van der Waals surface area contributed by atoms with Crippen LogP contribution in [-0.4, -0.2) is 22.0 Å². The van der Waals surface area contributed by atoms with E-state index in [4.69, 9.17) is 10.8 Å². The van der Waals surface area contributed by atoms with Crippen molar-refractivity contribution in [2.24, 2.45) is 5.73 Å². The average Bonchev–Trinajstić information content (AvgIpc) is 2.15. The molecule has 1 heterocycles. The predicted octanol–water partition coefficient (Wildman–Crippen LogP) is -0.383. The number of aromatic nitrogens is 1. The first-order chi connectivity index (χ1) is 6.59. The number of rotatable bonds is 1. The first-order valence-electron chi connectivity index (χ1n) is 3.60. The highest BCUT2D eigenvalue weighted by Gasteiger charge is 2.02. The summed E-state index contributed by atoms with van der Waals surface area (Å²) in [5, 5.41) is 8.62. The van der Waals surface area contributed by atoms with Gasteiger partial charge in [-0.3, -0.25) is 4.79 Å². The molecule has 0 bridgehead atoms. The first kappa shape index (κ1) is 9.74. The summed E-state index contributed by atoms with van der Waals surface area (Å²) in [5.41, 5.74) is 5.04. The molecule has 1 amide bonds. The number of carboxylic acids is 1. The summed E-state index contributed by atoms with van der Waals surface area (Å²) in [5.74, 6) is 2.54. The minimum absolute atomic E-state index is 0.0637. The molecule has 0 aromatic carbocycles. The zero-order chi connectivity index (χ0) is 10.6. The lowest BCUT2D eigenvalue weighted by molar-refractivity contribution is -0.112. The molecule has 0 unspecified atom stereocenters. The predicted molar refractivity (Wildman–Crippen MR) is 47.3 cm³/mol. The number of nitrogens with zero attached hydrogens (tertiary/aromatic N) is 1. The number of aromatic carboxylic acids is 1. The fraction of sp³-hybridized carbons (Fsp3) is 0. The van der Waals surface area contributed by atoms with Gasteiger partial charge in [0.2, 0.25) is 0 Å². The number of hydrogen-bond acceptors (Lipinski definition) is 3. The van der Waals surface area contributed by atoms with Crippen molar-refractivity contribution in [3.8, 4) is 11.8 Å². The number of hydrogen-bond donors (Lipinski definition) is 2. The molecule has 70 valence electrons. The Bertz CT molecular complexity index is 443. The third kappa shape index (κ3) is 2.60. The minimum atomic E-state index is -1.07. The quantitative estimate of drug-likeness (QED) is 0.590. The summed E-state index contributed by atoms with van der Waals surface area (Å²) < 4.78 is 0. The zero-order valence-corrected chi connectivity index (χ0v) is 7.02. The molecule has 0 fully saturated rings. The van der Waals surface area contributed by atoms with Crippen molar-refractivity contribution >= 4 is 11.9 Å². The molecule has 0 atom stereocenters. The number of carbonyl (C=O) groups is 2. The van der Waals surface area contributed by atoms with Crippen LogP contribution in [0.25, 0.3) is 0 Å². The van der Waals surface area contributed by atoms with Gasteiger partial charge in [-0.2, -0.15) is 0 Å². The number of carboxylic acid groups (broad SMARTS) is 1. The molecular formula is C9H6N2O3. The Balaban J connectivity index is 3.02. The number of carbonyl (C=O) groups excluding carboxylic acids is 1. The van der Waals surface area contributed by atoms with E-state index in [1.807, 2.05) is 0 Å². The maximum Gasteiger partial charge on any atom is 0.335 e. The molecule has 0 saturated heterocycles. The monoisotopic (exact) mass is 190 g/mol. The highest BCUT2D eigenvalue weighted by Crippen LogP contribution is 1.99. The summed E-state index contributed by atoms with van der Waals surface area (Å²) in [6, 6.07) is 2.59. The van der Waals surface area contributed by atoms with Gasteiger partial charge >= 0.3 is 5.97 Å². The standard InChI is InChI=1S/C9H6N2O3/c10-8(12)2-1-7-5-6(9(13)14)3-4-11-7/h3-5H,(H2,10,12)(H,13,14). The minimum Gasteiger partial charge on any atom is -0.478 e. The summed E-state index contributed by atoms with van der Waals surface area (Å²) in [6.45, 7) is 0. The highest BCUT2D eigenvalue weighted by molar-refractivity contribution is 5.92. The van der Waals surface area contributed by atoms with Crippen molar-refractivity contribution in [1.29, 1.82) is 0 Å². The summed E-state index contributed by atoms with van der Waals surface area (Å²) in [4.78, 5) is 24.6. The highest BCUT2D eigenvalue weighted by atomic mass is 16.4. The van der Waals surface area contributed by atoms with E-state index >= 15 is 0 Å². The van der Waals surface area contributed by atoms with Crippen LogP contribution in [0, 0.1) is 11.8 Å². The molecule has 0 aliphatic heterocycles. The Kier molecular flexibility index (Phi) is 2.82. The lowest BCUT2D eigenvalue weighted by atomic mass is 10.2. The second-order valence-corrected chi connectivity index (χ2v) is 2.35. The molecule has 0 spiro atoms. The summed E-state index contributed by atoms with van der Waals surface area (Å²) in [7, 11) is 0. The zero-order valence-electron chi connectivity index (χ0n) is 7.02. The van der Waals surface area contributed by atoms with E-state index in [-0.39, 0.29) is 11.3 Å². The molecular weight excluding hydrogens is 184 g/mol. The van der Waals surface area contributed by atoms with E-state index in [9.17, 15) is 9.59 Å². The molecule has 0 aliphatic carbocycles. The summed E-state index contributed by atoms with van der Waals surface area (Å²) >= 11 is 0. The second-order valence-electron chi connectivity index (χ2n) is 2.35. The van der Waals surface area contributed by atoms with Crippen LogP contribution in [-0.2, 0) is 4.79 Å². The van der Waals surface area contributed by atoms with Gasteiger partial charge in [0.25, 0.3) is 5.91 Å². The van der Waals surface area contributed by atoms with Gasteiger partial charge in [-0.05, 0) is 18.1 Å². The topological polar surface area (TPSA) is 93.3 Å². The Hall–Kier alpha value is -2.35. The van der Waals surface area contributed by atoms with E-state index < -0.39 is 11.9 Å². The molecule has 0 saturated carbocycles. The molecule has 1 aromatic heterocycles. The van der Waals surface area contributed by atoms with Gasteiger partial charge in [0, 0.05) is 12.1 Å². The Morgan fingerprint density at radius 3 is 2.79 bits per heavy atom. The largest absolute Gasteiger partial charge is 0.478 e. The van der Waals surface area contributed by atoms with E-state index in [1.54, 1.807) is 0 Å². The summed E-state index contributed by atoms with van der Waals surface area (Å²) in [6.07, 6.45) is 1.30. The van der Waals surface area contributed by atoms with Crippen molar-refractivity contribution < 1.29 is 14.7 Å². The SMILES string of the molecule is NC(=O)C#Cc1cc(C(=O)O)ccn1. The second kappa shape index (κ2) is 4.05. The van der Waals surface area contributed by atoms with E-state index in [2.05, 4.69) is 16.8 Å². The van der Waals surface area contributed by atoms with Crippen LogP contribution in [0.1, 0.15) is 16.1 Å². The van der Waals surface area contributed by atoms with Crippen LogP contribution >= 0.6 is 0 Å². The molecule has 0 radical (unpaired) electrons. The van der Waals surface area contributed by atoms with Crippen molar-refractivity contribution in [2.45, 2.75) is 0 Å². The van der Waals surface area contributed by atoms with Crippen molar-refractivity contribution in [3.05, 3.63) is 29.6 Å². The molecule has 14 heavy (non-hydrogen) atoms. The number of amides is 1. The van der Waals surface area contributed by atoms with E-state index in [0.29, 0.717) is 0 Å². The smallest absolute Gasteiger partial charge is 0.335 e. The fourth-order valence-electron chi connectivity index (χ4n) is 0.758. The Morgan fingerprint density at radius 1 is 1.50 bits per heavy atom. The molecule has 1 rings (SSSR count). The molecule has 3 N–H and O–H groups in total. The normalized spacial score (nSPS) is 8.57. The first-order valence-corrected chi connectivity index (χ1v) is 3.60. The number of pyridine rings is 1. The lowest BCUT2D eigenvalue weighted by Gasteiger charge is -1.92. The molecule has 5 heteroatoms. The lowest BCUT2D eigenvalue weighted by Crippen LogP contribution is -2.06. The van der Waals surface area contributed by atoms with Crippen LogP contribution in [0.4, 0.5) is 0 Å². The van der Waals surface area contributed by atoms with E-state index in [1.165, 1.54) is 18.3 Å². The fourth-order valence-corrected chi connectivity index (χ4v) is 0.758. The van der Waals surface area contributed by atoms with Gasteiger partial charge in [-0.1, -0.05) is 0 Å². The third-order valence-corrected chi connectivity index (χ3v) is 1.32. The number of primary amides is 1. The maximum atomic E-state index is 10.5. The number of nitrogens with two attached hydrogens (primary N) is 1. The molecule has 0 aliphatic rings. The van der Waals surface area contributed by atoms with Gasteiger partial charge in [-0.15, -0.1) is 0 Å². The average molecular weight is 190 g/mol. The van der Waals surface area contributed by atoms with Crippen LogP contribution in [0.2, 0.25) is 0 Å². The van der Waals surface area contributed by atoms with Gasteiger partial charge < -0.3 is 10.8 Å². The van der Waals surface area contributed by atoms with Crippen molar-refractivity contribution in [3.63, 3.8) is 0 Å². The van der Waals surface area contributed by atoms with Gasteiger partial charge in [0.15, 0.2) is 0 Å². The molecule has 1 aromatic rings. The van der Waals surface area contributed by atoms with Crippen LogP contribution in [0.5, 0.6) is 0 Å². The van der Waals surface area contributed by atoms with Crippen LogP contribution in [0.15, 0.2) is 18.3 Å². The van der Waals surface area contributed by atoms with Crippen molar-refractivity contribution in [2.75, 3.05) is 0 Å². The molecule has 5 nitrogen and oxygen atoms in total. The Labute approximate surface area is 79.6 Å². The van der Waals surface area contributed by atoms with Crippen LogP contribution < -0.4 is 5.73 Å². The van der Waals surface area contributed by atoms with Gasteiger partial charge in [0.1, 0.15) is 5.69 Å². The van der Waals surface area contributed by atoms with E-state index in [0.717, 1.165) is 0 Å².